The van der Waals surface area contributed by atoms with Crippen molar-refractivity contribution in [3.05, 3.63) is 12.2 Å². The molecule has 7 amide bonds. The molecule has 396 valence electrons. The third-order valence-corrected chi connectivity index (χ3v) is 10.5. The van der Waals surface area contributed by atoms with Crippen LogP contribution in [-0.2, 0) is 62.1 Å². The van der Waals surface area contributed by atoms with Gasteiger partial charge in [0.15, 0.2) is 0 Å². The first-order valence-corrected chi connectivity index (χ1v) is 24.9. The van der Waals surface area contributed by atoms with Gasteiger partial charge in [0.1, 0.15) is 19.3 Å². The summed E-state index contributed by atoms with van der Waals surface area (Å²) in [6, 6.07) is -1.05. The van der Waals surface area contributed by atoms with Crippen molar-refractivity contribution in [3.63, 3.8) is 0 Å². The Morgan fingerprint density at radius 3 is 1.45 bits per heavy atom. The monoisotopic (exact) mass is 985 g/mol. The fourth-order valence-electron chi connectivity index (χ4n) is 6.63. The lowest BCUT2D eigenvalue weighted by Crippen LogP contribution is -2.41. The van der Waals surface area contributed by atoms with Gasteiger partial charge in [-0.05, 0) is 25.7 Å². The van der Waals surface area contributed by atoms with E-state index in [-0.39, 0.29) is 94.9 Å². The Labute approximate surface area is 408 Å². The standard InChI is InChI=1S/C28H52N2O7.C20H32N4O8/c1-37-23-22-29-25(31)21-20-24(28(35)36)30-26(32)18-16-14-12-10-8-6-4-2-3-5-7-9-11-13-15-17-19-27(33)34;1-2-10-31-14-18(27)23-8-11-30-12-13-32-15-17(26)22-7-6-21-16(25)5-9-24-19(28)3-4-20(24)29/h24H,2-23H2,1H3,(H,29,31)(H,30,32)(H,33,34)(H,35,36);3-4H,2,5-15H2,1H3,(H,21,25)(H,22,26)(H,23,27)/t24-;/m0./s1. The van der Waals surface area contributed by atoms with Crippen molar-refractivity contribution in [1.82, 2.24) is 31.5 Å². The molecular formula is C48H84N6O15. The molecule has 0 saturated carbocycles. The van der Waals surface area contributed by atoms with Crippen LogP contribution in [0.5, 0.6) is 0 Å². The predicted molar refractivity (Wildman–Crippen MR) is 257 cm³/mol. The van der Waals surface area contributed by atoms with Gasteiger partial charge in [0.25, 0.3) is 11.8 Å². The number of nitrogens with zero attached hydrogens (tertiary/aromatic N) is 1. The van der Waals surface area contributed by atoms with Crippen LogP contribution in [-0.4, -0.2) is 161 Å². The molecule has 0 aromatic carbocycles. The van der Waals surface area contributed by atoms with E-state index in [0.29, 0.717) is 45.8 Å². The summed E-state index contributed by atoms with van der Waals surface area (Å²) < 4.78 is 20.4. The molecule has 69 heavy (non-hydrogen) atoms. The summed E-state index contributed by atoms with van der Waals surface area (Å²) in [5.74, 6) is -4.06. The van der Waals surface area contributed by atoms with Gasteiger partial charge in [-0.3, -0.25) is 43.3 Å². The second kappa shape index (κ2) is 45.5. The predicted octanol–water partition coefficient (Wildman–Crippen LogP) is 3.31. The first kappa shape index (κ1) is 64.0. The molecule has 0 spiro atoms. The normalized spacial score (nSPS) is 12.2. The summed E-state index contributed by atoms with van der Waals surface area (Å²) in [5.41, 5.74) is 0. The highest BCUT2D eigenvalue weighted by Gasteiger charge is 2.24. The number of carboxylic acid groups (broad SMARTS) is 2. The number of hydrogen-bond acceptors (Lipinski definition) is 13. The zero-order chi connectivity index (χ0) is 51.2. The summed E-state index contributed by atoms with van der Waals surface area (Å²) in [4.78, 5) is 104. The van der Waals surface area contributed by atoms with Crippen LogP contribution in [0, 0.1) is 0 Å². The largest absolute Gasteiger partial charge is 0.481 e. The van der Waals surface area contributed by atoms with Crippen LogP contribution in [0.1, 0.15) is 148 Å². The highest BCUT2D eigenvalue weighted by atomic mass is 16.5. The number of carbonyl (C=O) groups excluding carboxylic acids is 7. The van der Waals surface area contributed by atoms with Crippen molar-refractivity contribution in [1.29, 1.82) is 0 Å². The van der Waals surface area contributed by atoms with Crippen molar-refractivity contribution >= 4 is 53.3 Å². The quantitative estimate of drug-likeness (QED) is 0.0340. The van der Waals surface area contributed by atoms with Gasteiger partial charge in [-0.1, -0.05) is 96.8 Å². The smallest absolute Gasteiger partial charge is 0.326 e. The topological polar surface area (TPSA) is 294 Å². The first-order valence-electron chi connectivity index (χ1n) is 24.9. The SMILES string of the molecule is CCCOCC(=O)NCCOCCOCC(=O)NCCNC(=O)CCN1C(=O)C=CC1=O.COCCNC(=O)CC[C@H](NC(=O)CCCCCCCCCCCCCCCCCCC(=O)O)C(=O)O. The van der Waals surface area contributed by atoms with Crippen molar-refractivity contribution < 1.29 is 72.3 Å². The van der Waals surface area contributed by atoms with Crippen LogP contribution in [0.25, 0.3) is 0 Å². The van der Waals surface area contributed by atoms with Gasteiger partial charge in [0.05, 0.1) is 26.4 Å². The summed E-state index contributed by atoms with van der Waals surface area (Å²) in [7, 11) is 1.53. The summed E-state index contributed by atoms with van der Waals surface area (Å²) in [6.07, 6.45) is 22.2. The minimum atomic E-state index is -1.12. The summed E-state index contributed by atoms with van der Waals surface area (Å²) in [6.45, 7) is 4.81. The Morgan fingerprint density at radius 1 is 0.507 bits per heavy atom. The summed E-state index contributed by atoms with van der Waals surface area (Å²) >= 11 is 0. The Hall–Kier alpha value is -4.99. The van der Waals surface area contributed by atoms with E-state index in [0.717, 1.165) is 62.0 Å². The van der Waals surface area contributed by atoms with E-state index in [1.807, 2.05) is 6.92 Å². The van der Waals surface area contributed by atoms with Crippen LogP contribution in [0.4, 0.5) is 0 Å². The van der Waals surface area contributed by atoms with Gasteiger partial charge < -0.3 is 55.7 Å². The number of imide groups is 1. The minimum absolute atomic E-state index is 0.00741. The van der Waals surface area contributed by atoms with E-state index in [9.17, 15) is 48.3 Å². The lowest BCUT2D eigenvalue weighted by molar-refractivity contribution is -0.142. The van der Waals surface area contributed by atoms with Gasteiger partial charge in [0.2, 0.25) is 29.5 Å². The molecule has 0 saturated heterocycles. The molecule has 1 rings (SSSR count). The third-order valence-electron chi connectivity index (χ3n) is 10.5. The van der Waals surface area contributed by atoms with E-state index in [1.165, 1.54) is 71.3 Å². The average molecular weight is 985 g/mol. The van der Waals surface area contributed by atoms with Crippen molar-refractivity contribution in [2.24, 2.45) is 0 Å². The zero-order valence-corrected chi connectivity index (χ0v) is 41.4. The molecule has 1 aliphatic rings. The van der Waals surface area contributed by atoms with Crippen molar-refractivity contribution in [3.8, 4) is 0 Å². The molecule has 0 aliphatic carbocycles. The molecule has 1 heterocycles. The number of hydrogen-bond donors (Lipinski definition) is 7. The molecule has 0 unspecified atom stereocenters. The molecule has 0 fully saturated rings. The number of amides is 7. The molecule has 0 aromatic rings. The van der Waals surface area contributed by atoms with Gasteiger partial charge in [0, 0.05) is 84.3 Å². The molecule has 0 bridgehead atoms. The lowest BCUT2D eigenvalue weighted by Gasteiger charge is -2.14. The fourth-order valence-corrected chi connectivity index (χ4v) is 6.63. The lowest BCUT2D eigenvalue weighted by atomic mass is 10.0. The number of nitrogens with one attached hydrogen (secondary N) is 5. The third kappa shape index (κ3) is 41.7. The van der Waals surface area contributed by atoms with E-state index >= 15 is 0 Å². The van der Waals surface area contributed by atoms with Crippen LogP contribution in [0.2, 0.25) is 0 Å². The maximum absolute atomic E-state index is 12.1. The van der Waals surface area contributed by atoms with Gasteiger partial charge in [-0.2, -0.15) is 0 Å². The van der Waals surface area contributed by atoms with Crippen molar-refractivity contribution in [2.45, 2.75) is 154 Å². The van der Waals surface area contributed by atoms with Crippen molar-refractivity contribution in [2.75, 3.05) is 86.1 Å². The number of aliphatic carboxylic acids is 2. The van der Waals surface area contributed by atoms with Gasteiger partial charge in [-0.25, -0.2) is 4.79 Å². The number of carboxylic acids is 2. The molecule has 1 atom stereocenters. The van der Waals surface area contributed by atoms with Crippen LogP contribution in [0.15, 0.2) is 12.2 Å². The molecule has 21 heteroatoms. The van der Waals surface area contributed by atoms with Crippen LogP contribution in [0.3, 0.4) is 0 Å². The molecule has 0 radical (unpaired) electrons. The minimum Gasteiger partial charge on any atom is -0.481 e. The molecular weight excluding hydrogens is 901 g/mol. The highest BCUT2D eigenvalue weighted by Crippen LogP contribution is 2.14. The van der Waals surface area contributed by atoms with E-state index < -0.39 is 29.8 Å². The van der Waals surface area contributed by atoms with Gasteiger partial charge in [-0.15, -0.1) is 0 Å². The van der Waals surface area contributed by atoms with Gasteiger partial charge >= 0.3 is 11.9 Å². The molecule has 0 aromatic heterocycles. The Bertz CT molecular complexity index is 1480. The maximum atomic E-state index is 12.1. The van der Waals surface area contributed by atoms with E-state index in [2.05, 4.69) is 26.6 Å². The fraction of sp³-hybridized carbons (Fsp3) is 0.771. The van der Waals surface area contributed by atoms with E-state index in [1.54, 1.807) is 0 Å². The average Bonchev–Trinajstić information content (AvgIpc) is 3.64. The number of unbranched alkanes of at least 4 members (excludes halogenated alkanes) is 15. The van der Waals surface area contributed by atoms with E-state index in [4.69, 9.17) is 24.1 Å². The number of ether oxygens (including phenoxy) is 4. The van der Waals surface area contributed by atoms with Crippen LogP contribution < -0.4 is 26.6 Å². The number of carbonyl (C=O) groups is 9. The highest BCUT2D eigenvalue weighted by molar-refractivity contribution is 6.13. The second-order valence-corrected chi connectivity index (χ2v) is 16.6. The molecule has 7 N–H and O–H groups in total. The first-order chi connectivity index (χ1) is 33.3. The Kier molecular flexibility index (Phi) is 42.2. The second-order valence-electron chi connectivity index (χ2n) is 16.6. The number of methoxy groups -OCH3 is 1. The summed E-state index contributed by atoms with van der Waals surface area (Å²) in [5, 5.41) is 30.9. The van der Waals surface area contributed by atoms with Crippen LogP contribution >= 0.6 is 0 Å². The Balaban J connectivity index is 0.00000135. The zero-order valence-electron chi connectivity index (χ0n) is 41.4. The number of rotatable bonds is 45. The molecule has 21 nitrogen and oxygen atoms in total. The maximum Gasteiger partial charge on any atom is 0.326 e. The molecule has 1 aliphatic heterocycles. The Morgan fingerprint density at radius 2 is 0.942 bits per heavy atom.